The van der Waals surface area contributed by atoms with E-state index >= 15 is 0 Å². The van der Waals surface area contributed by atoms with Crippen LogP contribution < -0.4 is 20.1 Å². The number of hydrogen-bond acceptors (Lipinski definition) is 10. The molecule has 0 radical (unpaired) electrons. The Hall–Kier alpha value is -4.08. The maximum atomic E-state index is 13.5. The van der Waals surface area contributed by atoms with Gasteiger partial charge in [0, 0.05) is 38.9 Å². The lowest BCUT2D eigenvalue weighted by Crippen LogP contribution is -2.57. The molecule has 37 heavy (non-hydrogen) atoms. The molecule has 0 unspecified atom stereocenters. The van der Waals surface area contributed by atoms with E-state index in [1.54, 1.807) is 18.3 Å². The third-order valence-electron chi connectivity index (χ3n) is 6.90. The Morgan fingerprint density at radius 2 is 1.95 bits per heavy atom. The molecule has 192 valence electrons. The molecule has 12 heteroatoms. The first-order valence-electron chi connectivity index (χ1n) is 12.5. The highest BCUT2D eigenvalue weighted by Gasteiger charge is 2.32. The first-order chi connectivity index (χ1) is 18.2. The van der Waals surface area contributed by atoms with E-state index in [1.807, 2.05) is 11.8 Å². The number of benzene rings is 1. The molecule has 0 bridgehead atoms. The Morgan fingerprint density at radius 3 is 2.65 bits per heavy atom. The molecule has 2 fully saturated rings. The smallest absolute Gasteiger partial charge is 0.257 e. The van der Waals surface area contributed by atoms with Crippen molar-refractivity contribution in [1.29, 1.82) is 5.26 Å². The van der Waals surface area contributed by atoms with Gasteiger partial charge in [-0.1, -0.05) is 0 Å². The zero-order valence-electron chi connectivity index (χ0n) is 20.5. The summed E-state index contributed by atoms with van der Waals surface area (Å²) in [6.45, 7) is 7.85. The van der Waals surface area contributed by atoms with E-state index in [0.29, 0.717) is 90.0 Å². The predicted molar refractivity (Wildman–Crippen MR) is 136 cm³/mol. The predicted octanol–water partition coefficient (Wildman–Crippen LogP) is 1.93. The fourth-order valence-corrected chi connectivity index (χ4v) is 4.89. The van der Waals surface area contributed by atoms with Gasteiger partial charge in [0.25, 0.3) is 5.91 Å². The van der Waals surface area contributed by atoms with Crippen LogP contribution in [0.4, 0.5) is 17.5 Å². The van der Waals surface area contributed by atoms with Crippen LogP contribution in [0.25, 0.3) is 11.0 Å². The van der Waals surface area contributed by atoms with E-state index in [9.17, 15) is 10.1 Å². The Kier molecular flexibility index (Phi) is 6.15. The van der Waals surface area contributed by atoms with Crippen molar-refractivity contribution in [3.8, 4) is 17.6 Å². The van der Waals surface area contributed by atoms with Crippen LogP contribution in [0.5, 0.6) is 11.5 Å². The average molecular weight is 505 g/mol. The maximum absolute atomic E-state index is 13.5. The van der Waals surface area contributed by atoms with Gasteiger partial charge in [0.15, 0.2) is 11.5 Å². The molecule has 12 nitrogen and oxygen atoms in total. The van der Waals surface area contributed by atoms with Crippen LogP contribution in [0.2, 0.25) is 0 Å². The van der Waals surface area contributed by atoms with Gasteiger partial charge in [-0.2, -0.15) is 15.2 Å². The number of aromatic amines is 1. The lowest BCUT2D eigenvalue weighted by atomic mass is 10.1. The molecule has 2 saturated heterocycles. The number of fused-ring (bicyclic) bond motifs is 2. The Bertz CT molecular complexity index is 1370. The first kappa shape index (κ1) is 23.3. The summed E-state index contributed by atoms with van der Waals surface area (Å²) < 4.78 is 17.2. The zero-order valence-corrected chi connectivity index (χ0v) is 20.5. The largest absolute Gasteiger partial charge is 0.485 e. The number of amides is 1. The van der Waals surface area contributed by atoms with Crippen LogP contribution in [0, 0.1) is 11.3 Å². The molecule has 0 atom stereocenters. The molecule has 6 rings (SSSR count). The number of carbonyl (C=O) groups excluding carboxylic acids is 1. The Labute approximate surface area is 213 Å². The minimum absolute atomic E-state index is 0.0691. The molecule has 3 aliphatic rings. The first-order valence-corrected chi connectivity index (χ1v) is 12.5. The average Bonchev–Trinajstić information content (AvgIpc) is 3.31. The fraction of sp³-hybridized carbons (Fsp3) is 0.440. The lowest BCUT2D eigenvalue weighted by Gasteiger charge is -2.42. The van der Waals surface area contributed by atoms with Gasteiger partial charge in [-0.15, -0.1) is 0 Å². The second-order valence-electron chi connectivity index (χ2n) is 9.12. The highest BCUT2D eigenvalue weighted by atomic mass is 16.6. The monoisotopic (exact) mass is 504 g/mol. The second kappa shape index (κ2) is 9.76. The molecular formula is C25H28N8O4. The molecular weight excluding hydrogens is 476 g/mol. The van der Waals surface area contributed by atoms with E-state index < -0.39 is 0 Å². The molecule has 0 spiro atoms. The van der Waals surface area contributed by atoms with Gasteiger partial charge in [-0.05, 0) is 19.1 Å². The van der Waals surface area contributed by atoms with Crippen molar-refractivity contribution in [1.82, 2.24) is 24.8 Å². The van der Waals surface area contributed by atoms with Crippen LogP contribution in [-0.2, 0) is 4.74 Å². The fourth-order valence-electron chi connectivity index (χ4n) is 4.89. The summed E-state index contributed by atoms with van der Waals surface area (Å²) in [5.41, 5.74) is 2.08. The number of nitrogens with zero attached hydrogens (tertiary/aromatic N) is 5. The minimum atomic E-state index is -0.0691. The Balaban J connectivity index is 1.27. The van der Waals surface area contributed by atoms with Gasteiger partial charge in [0.2, 0.25) is 5.95 Å². The lowest BCUT2D eigenvalue weighted by molar-refractivity contribution is -0.0746. The van der Waals surface area contributed by atoms with Crippen molar-refractivity contribution in [3.63, 3.8) is 0 Å². The van der Waals surface area contributed by atoms with Crippen LogP contribution in [0.15, 0.2) is 18.3 Å². The number of carbonyl (C=O) groups is 1. The number of hydrogen-bond donors (Lipinski definition) is 3. The number of nitrogens with one attached hydrogen (secondary N) is 3. The Morgan fingerprint density at radius 1 is 1.16 bits per heavy atom. The van der Waals surface area contributed by atoms with Gasteiger partial charge in [0.05, 0.1) is 41.5 Å². The molecule has 3 aromatic rings. The van der Waals surface area contributed by atoms with Crippen molar-refractivity contribution in [3.05, 3.63) is 29.5 Å². The number of H-pyrrole nitrogens is 1. The quantitative estimate of drug-likeness (QED) is 0.456. The summed E-state index contributed by atoms with van der Waals surface area (Å²) in [4.78, 5) is 29.9. The van der Waals surface area contributed by atoms with Gasteiger partial charge in [-0.25, -0.2) is 0 Å². The van der Waals surface area contributed by atoms with Crippen molar-refractivity contribution in [2.45, 2.75) is 13.0 Å². The number of aromatic nitrogens is 3. The minimum Gasteiger partial charge on any atom is -0.485 e. The highest BCUT2D eigenvalue weighted by Crippen LogP contribution is 2.42. The summed E-state index contributed by atoms with van der Waals surface area (Å²) in [6.07, 6.45) is 1.61. The normalized spacial score (nSPS) is 17.8. The summed E-state index contributed by atoms with van der Waals surface area (Å²) in [6, 6.07) is 6.19. The van der Waals surface area contributed by atoms with Crippen molar-refractivity contribution in [2.75, 3.05) is 69.8 Å². The zero-order chi connectivity index (χ0) is 25.4. The molecule has 0 saturated carbocycles. The number of anilines is 3. The summed E-state index contributed by atoms with van der Waals surface area (Å²) in [7, 11) is 0. The number of piperazine rings is 1. The van der Waals surface area contributed by atoms with Crippen molar-refractivity contribution < 1.29 is 19.0 Å². The van der Waals surface area contributed by atoms with Gasteiger partial charge in [0.1, 0.15) is 30.7 Å². The number of rotatable bonds is 6. The van der Waals surface area contributed by atoms with E-state index in [0.717, 1.165) is 26.3 Å². The maximum Gasteiger partial charge on any atom is 0.257 e. The van der Waals surface area contributed by atoms with Gasteiger partial charge >= 0.3 is 0 Å². The third-order valence-corrected chi connectivity index (χ3v) is 6.90. The summed E-state index contributed by atoms with van der Waals surface area (Å²) in [5.74, 6) is 1.69. The third kappa shape index (κ3) is 4.26. The molecule has 3 N–H and O–H groups in total. The summed E-state index contributed by atoms with van der Waals surface area (Å²) in [5, 5.41) is 16.5. The van der Waals surface area contributed by atoms with Crippen molar-refractivity contribution in [2.24, 2.45) is 0 Å². The van der Waals surface area contributed by atoms with E-state index in [-0.39, 0.29) is 5.91 Å². The van der Waals surface area contributed by atoms with Crippen LogP contribution >= 0.6 is 0 Å². The van der Waals surface area contributed by atoms with Gasteiger partial charge < -0.3 is 34.7 Å². The topological polar surface area (TPSA) is 141 Å². The number of ether oxygens (including phenoxy) is 3. The second-order valence-corrected chi connectivity index (χ2v) is 9.12. The molecule has 0 aliphatic carbocycles. The molecule has 3 aliphatic heterocycles. The molecule has 2 aromatic heterocycles. The SMILES string of the molecule is CCNc1nc(Nc2ccc(C(=O)N3CCN(C4COC4)CC3)c3c2OCCO3)nc2[nH]cc(C#N)c12. The van der Waals surface area contributed by atoms with E-state index in [1.165, 1.54) is 0 Å². The summed E-state index contributed by atoms with van der Waals surface area (Å²) >= 11 is 0. The van der Waals surface area contributed by atoms with Crippen molar-refractivity contribution >= 4 is 34.4 Å². The standard InChI is InChI=1S/C25H28N8O4/c1-2-27-22-19-15(11-26)12-28-23(19)31-25(30-22)29-18-4-3-17(20-21(18)37-10-9-36-20)24(34)33-7-5-32(6-8-33)16-13-35-14-16/h3-4,12,16H,2,5-10,13-14H2,1H3,(H3,27,28,29,30,31). The van der Waals surface area contributed by atoms with Gasteiger partial charge in [-0.3, -0.25) is 9.69 Å². The molecule has 5 heterocycles. The molecule has 1 amide bonds. The van der Waals surface area contributed by atoms with Crippen LogP contribution in [-0.4, -0.2) is 95.9 Å². The van der Waals surface area contributed by atoms with Crippen LogP contribution in [0.3, 0.4) is 0 Å². The number of nitriles is 1. The molecule has 1 aromatic carbocycles. The van der Waals surface area contributed by atoms with E-state index in [2.05, 4.69) is 36.6 Å². The van der Waals surface area contributed by atoms with E-state index in [4.69, 9.17) is 14.2 Å². The highest BCUT2D eigenvalue weighted by molar-refractivity contribution is 5.99. The van der Waals surface area contributed by atoms with Crippen LogP contribution in [0.1, 0.15) is 22.8 Å².